The Kier molecular flexibility index (Phi) is 5.90. The van der Waals surface area contributed by atoms with E-state index in [2.05, 4.69) is 26.1 Å². The average molecular weight is 263 g/mol. The largest absolute Gasteiger partial charge is 0.497 e. The number of rotatable bonds is 6. The number of allylic oxidation sites excluding steroid dienone is 1. The number of benzene rings is 1. The third kappa shape index (κ3) is 5.79. The lowest BCUT2D eigenvalue weighted by molar-refractivity contribution is 0.347. The zero-order valence-electron chi connectivity index (χ0n) is 12.6. The molecule has 0 radical (unpaired) electrons. The second kappa shape index (κ2) is 7.19. The Hall–Kier alpha value is -1.48. The summed E-state index contributed by atoms with van der Waals surface area (Å²) in [5, 5.41) is 3.47. The van der Waals surface area contributed by atoms with E-state index in [9.17, 15) is 0 Å². The van der Waals surface area contributed by atoms with Crippen LogP contribution in [-0.2, 0) is 6.54 Å². The Morgan fingerprint density at radius 1 is 1.26 bits per heavy atom. The maximum Gasteiger partial charge on any atom is 0.127 e. The molecule has 0 heterocycles. The van der Waals surface area contributed by atoms with Crippen molar-refractivity contribution in [1.29, 1.82) is 0 Å². The standard InChI is InChI=1S/C16H25NO2/c1-6-7-10-19-15-11-14(18-5)9-8-13(15)12-17-16(2,3)4/h6-9,11,17H,10,12H2,1-5H3. The van der Waals surface area contributed by atoms with E-state index in [0.29, 0.717) is 6.61 Å². The van der Waals surface area contributed by atoms with E-state index in [4.69, 9.17) is 9.47 Å². The van der Waals surface area contributed by atoms with E-state index in [1.54, 1.807) is 7.11 Å². The minimum Gasteiger partial charge on any atom is -0.497 e. The molecule has 0 fully saturated rings. The molecule has 0 saturated carbocycles. The van der Waals surface area contributed by atoms with Crippen molar-refractivity contribution < 1.29 is 9.47 Å². The van der Waals surface area contributed by atoms with Crippen LogP contribution in [0.5, 0.6) is 11.5 Å². The van der Waals surface area contributed by atoms with Crippen molar-refractivity contribution in [3.63, 3.8) is 0 Å². The van der Waals surface area contributed by atoms with Gasteiger partial charge in [0, 0.05) is 23.7 Å². The molecule has 1 N–H and O–H groups in total. The van der Waals surface area contributed by atoms with Gasteiger partial charge in [-0.3, -0.25) is 0 Å². The maximum atomic E-state index is 5.78. The molecule has 0 atom stereocenters. The van der Waals surface area contributed by atoms with Gasteiger partial charge in [-0.05, 0) is 33.8 Å². The third-order valence-electron chi connectivity index (χ3n) is 2.65. The van der Waals surface area contributed by atoms with Crippen molar-refractivity contribution in [2.75, 3.05) is 13.7 Å². The van der Waals surface area contributed by atoms with Crippen LogP contribution in [0, 0.1) is 0 Å². The number of methoxy groups -OCH3 is 1. The summed E-state index contributed by atoms with van der Waals surface area (Å²) in [5.41, 5.74) is 1.22. The Balaban J connectivity index is 2.82. The first-order chi connectivity index (χ1) is 8.96. The van der Waals surface area contributed by atoms with E-state index in [1.165, 1.54) is 0 Å². The van der Waals surface area contributed by atoms with Crippen molar-refractivity contribution in [3.8, 4) is 11.5 Å². The molecule has 0 bridgehead atoms. The van der Waals surface area contributed by atoms with Crippen LogP contribution >= 0.6 is 0 Å². The molecule has 0 amide bonds. The van der Waals surface area contributed by atoms with Crippen LogP contribution in [0.1, 0.15) is 33.3 Å². The van der Waals surface area contributed by atoms with Crippen LogP contribution in [0.4, 0.5) is 0 Å². The smallest absolute Gasteiger partial charge is 0.127 e. The lowest BCUT2D eigenvalue weighted by Gasteiger charge is -2.21. The Bertz CT molecular complexity index is 419. The van der Waals surface area contributed by atoms with E-state index in [0.717, 1.165) is 23.6 Å². The molecular weight excluding hydrogens is 238 g/mol. The van der Waals surface area contributed by atoms with Crippen molar-refractivity contribution >= 4 is 0 Å². The number of nitrogens with one attached hydrogen (secondary N) is 1. The molecule has 0 aliphatic rings. The van der Waals surface area contributed by atoms with Gasteiger partial charge in [0.2, 0.25) is 0 Å². The van der Waals surface area contributed by atoms with Crippen molar-refractivity contribution in [2.24, 2.45) is 0 Å². The highest BCUT2D eigenvalue weighted by Gasteiger charge is 2.11. The summed E-state index contributed by atoms with van der Waals surface area (Å²) >= 11 is 0. The molecule has 0 unspecified atom stereocenters. The summed E-state index contributed by atoms with van der Waals surface area (Å²) < 4.78 is 11.0. The quantitative estimate of drug-likeness (QED) is 0.796. The van der Waals surface area contributed by atoms with Crippen LogP contribution < -0.4 is 14.8 Å². The maximum absolute atomic E-state index is 5.78. The van der Waals surface area contributed by atoms with Gasteiger partial charge >= 0.3 is 0 Å². The minimum absolute atomic E-state index is 0.0838. The van der Waals surface area contributed by atoms with Crippen molar-refractivity contribution in [2.45, 2.75) is 39.8 Å². The average Bonchev–Trinajstić information content (AvgIpc) is 2.36. The molecule has 0 aliphatic carbocycles. The summed E-state index contributed by atoms with van der Waals surface area (Å²) in [6, 6.07) is 5.94. The Morgan fingerprint density at radius 3 is 2.58 bits per heavy atom. The first kappa shape index (κ1) is 15.6. The number of hydrogen-bond donors (Lipinski definition) is 1. The zero-order chi connectivity index (χ0) is 14.3. The highest BCUT2D eigenvalue weighted by molar-refractivity contribution is 5.40. The summed E-state index contributed by atoms with van der Waals surface area (Å²) in [6.45, 7) is 9.78. The second-order valence-corrected chi connectivity index (χ2v) is 5.46. The van der Waals surface area contributed by atoms with Crippen LogP contribution in [0.2, 0.25) is 0 Å². The SMILES string of the molecule is CC=CCOc1cc(OC)ccc1CNC(C)(C)C. The van der Waals surface area contributed by atoms with Gasteiger partial charge in [0.05, 0.1) is 7.11 Å². The molecular formula is C16H25NO2. The summed E-state index contributed by atoms with van der Waals surface area (Å²) in [7, 11) is 1.66. The van der Waals surface area contributed by atoms with Gasteiger partial charge in [-0.1, -0.05) is 18.2 Å². The Morgan fingerprint density at radius 2 is 2.00 bits per heavy atom. The van der Waals surface area contributed by atoms with E-state index in [1.807, 2.05) is 37.3 Å². The summed E-state index contributed by atoms with van der Waals surface area (Å²) in [4.78, 5) is 0. The predicted molar refractivity (Wildman–Crippen MR) is 79.9 cm³/mol. The van der Waals surface area contributed by atoms with Gasteiger partial charge < -0.3 is 14.8 Å². The lowest BCUT2D eigenvalue weighted by atomic mass is 10.1. The minimum atomic E-state index is 0.0838. The lowest BCUT2D eigenvalue weighted by Crippen LogP contribution is -2.35. The van der Waals surface area contributed by atoms with Gasteiger partial charge in [0.1, 0.15) is 18.1 Å². The van der Waals surface area contributed by atoms with Crippen LogP contribution in [-0.4, -0.2) is 19.3 Å². The highest BCUT2D eigenvalue weighted by atomic mass is 16.5. The van der Waals surface area contributed by atoms with E-state index in [-0.39, 0.29) is 5.54 Å². The molecule has 1 rings (SSSR count). The molecule has 106 valence electrons. The predicted octanol–water partition coefficient (Wildman–Crippen LogP) is 3.54. The monoisotopic (exact) mass is 263 g/mol. The summed E-state index contributed by atoms with van der Waals surface area (Å²) in [5.74, 6) is 1.68. The normalized spacial score (nSPS) is 11.8. The molecule has 1 aromatic carbocycles. The van der Waals surface area contributed by atoms with E-state index >= 15 is 0 Å². The molecule has 19 heavy (non-hydrogen) atoms. The first-order valence-electron chi connectivity index (χ1n) is 6.62. The van der Waals surface area contributed by atoms with Gasteiger partial charge in [0.15, 0.2) is 0 Å². The fourth-order valence-electron chi connectivity index (χ4n) is 1.54. The Labute approximate surface area is 116 Å². The fourth-order valence-corrected chi connectivity index (χ4v) is 1.54. The molecule has 0 spiro atoms. The topological polar surface area (TPSA) is 30.5 Å². The zero-order valence-corrected chi connectivity index (χ0v) is 12.6. The second-order valence-electron chi connectivity index (χ2n) is 5.46. The van der Waals surface area contributed by atoms with Gasteiger partial charge in [-0.15, -0.1) is 0 Å². The molecule has 1 aromatic rings. The van der Waals surface area contributed by atoms with Gasteiger partial charge in [0.25, 0.3) is 0 Å². The molecule has 0 saturated heterocycles. The first-order valence-corrected chi connectivity index (χ1v) is 6.62. The van der Waals surface area contributed by atoms with Gasteiger partial charge in [-0.2, -0.15) is 0 Å². The van der Waals surface area contributed by atoms with E-state index < -0.39 is 0 Å². The molecule has 3 nitrogen and oxygen atoms in total. The van der Waals surface area contributed by atoms with Crippen molar-refractivity contribution in [3.05, 3.63) is 35.9 Å². The number of ether oxygens (including phenoxy) is 2. The molecule has 3 heteroatoms. The van der Waals surface area contributed by atoms with Crippen LogP contribution in [0.3, 0.4) is 0 Å². The summed E-state index contributed by atoms with van der Waals surface area (Å²) in [6.07, 6.45) is 3.97. The molecule has 0 aromatic heterocycles. The number of hydrogen-bond acceptors (Lipinski definition) is 3. The third-order valence-corrected chi connectivity index (χ3v) is 2.65. The molecule has 0 aliphatic heterocycles. The van der Waals surface area contributed by atoms with Crippen LogP contribution in [0.25, 0.3) is 0 Å². The van der Waals surface area contributed by atoms with Gasteiger partial charge in [-0.25, -0.2) is 0 Å². The highest BCUT2D eigenvalue weighted by Crippen LogP contribution is 2.25. The fraction of sp³-hybridized carbons (Fsp3) is 0.500. The van der Waals surface area contributed by atoms with Crippen molar-refractivity contribution in [1.82, 2.24) is 5.32 Å². The van der Waals surface area contributed by atoms with Crippen LogP contribution in [0.15, 0.2) is 30.4 Å².